The summed E-state index contributed by atoms with van der Waals surface area (Å²) in [6.45, 7) is 0. The van der Waals surface area contributed by atoms with Crippen LogP contribution >= 0.6 is 11.6 Å². The number of fused-ring (bicyclic) bond motifs is 1. The van der Waals surface area contributed by atoms with Gasteiger partial charge in [0.05, 0.1) is 0 Å². The number of halogens is 1. The normalized spacial score (nSPS) is 14.2. The maximum Gasteiger partial charge on any atom is 0.0492 e. The minimum atomic E-state index is 0.773. The lowest BCUT2D eigenvalue weighted by atomic mass is 10.1. The number of nitrogens with zero attached hydrogens (tertiary/aromatic N) is 1. The highest BCUT2D eigenvalue weighted by molar-refractivity contribution is 6.31. The van der Waals surface area contributed by atoms with Gasteiger partial charge in [0.1, 0.15) is 0 Å². The zero-order chi connectivity index (χ0) is 9.26. The van der Waals surface area contributed by atoms with Crippen molar-refractivity contribution < 1.29 is 0 Å². The number of hydrogen-bond donors (Lipinski definition) is 0. The van der Waals surface area contributed by atoms with Crippen molar-refractivity contribution in [3.05, 3.63) is 47.1 Å². The zero-order valence-electron chi connectivity index (χ0n) is 7.37. The quantitative estimate of drug-likeness (QED) is 0.608. The van der Waals surface area contributed by atoms with Crippen molar-refractivity contribution >= 4 is 23.4 Å². The number of anilines is 1. The third-order valence-electron chi connectivity index (χ3n) is 2.07. The van der Waals surface area contributed by atoms with Gasteiger partial charge in [-0.1, -0.05) is 29.8 Å². The molecule has 0 amide bonds. The topological polar surface area (TPSA) is 3.24 Å². The van der Waals surface area contributed by atoms with Crippen LogP contribution in [0, 0.1) is 0 Å². The minimum Gasteiger partial charge on any atom is -0.351 e. The van der Waals surface area contributed by atoms with Crippen LogP contribution in [0.5, 0.6) is 0 Å². The zero-order valence-corrected chi connectivity index (χ0v) is 8.12. The van der Waals surface area contributed by atoms with Crippen molar-refractivity contribution in [2.45, 2.75) is 0 Å². The summed E-state index contributed by atoms with van der Waals surface area (Å²) in [4.78, 5) is 2.06. The molecule has 0 N–H and O–H groups in total. The fraction of sp³-hybridized carbons (Fsp3) is 0.0909. The second-order valence-electron chi connectivity index (χ2n) is 3.01. The number of rotatable bonds is 0. The molecule has 1 aromatic carbocycles. The molecule has 13 heavy (non-hydrogen) atoms. The van der Waals surface area contributed by atoms with Crippen molar-refractivity contribution in [3.8, 4) is 0 Å². The van der Waals surface area contributed by atoms with E-state index in [0.717, 1.165) is 10.7 Å². The first kappa shape index (κ1) is 8.39. The molecule has 0 unspecified atom stereocenters. The van der Waals surface area contributed by atoms with Crippen LogP contribution in [0.3, 0.4) is 0 Å². The average molecular weight is 192 g/mol. The largest absolute Gasteiger partial charge is 0.351 e. The second-order valence-corrected chi connectivity index (χ2v) is 3.45. The molecule has 0 fully saturated rings. The summed E-state index contributed by atoms with van der Waals surface area (Å²) in [6.07, 6.45) is 8.12. The maximum atomic E-state index is 5.92. The van der Waals surface area contributed by atoms with Crippen LogP contribution in [0.4, 0.5) is 5.69 Å². The summed E-state index contributed by atoms with van der Waals surface area (Å²) in [5.74, 6) is 0. The summed E-state index contributed by atoms with van der Waals surface area (Å²) in [5.41, 5.74) is 2.33. The van der Waals surface area contributed by atoms with Crippen LogP contribution in [-0.4, -0.2) is 7.05 Å². The first-order chi connectivity index (χ1) is 6.27. The van der Waals surface area contributed by atoms with Gasteiger partial charge in [-0.25, -0.2) is 0 Å². The van der Waals surface area contributed by atoms with E-state index >= 15 is 0 Å². The molecule has 0 radical (unpaired) electrons. The molecule has 1 aliphatic heterocycles. The molecule has 2 heteroatoms. The van der Waals surface area contributed by atoms with Crippen molar-refractivity contribution in [1.82, 2.24) is 0 Å². The van der Waals surface area contributed by atoms with E-state index in [-0.39, 0.29) is 0 Å². The van der Waals surface area contributed by atoms with Gasteiger partial charge in [-0.15, -0.1) is 0 Å². The lowest BCUT2D eigenvalue weighted by Gasteiger charge is -2.15. The van der Waals surface area contributed by atoms with Gasteiger partial charge in [0.15, 0.2) is 0 Å². The summed E-state index contributed by atoms with van der Waals surface area (Å²) in [6, 6.07) is 5.90. The van der Waals surface area contributed by atoms with Crippen molar-refractivity contribution in [1.29, 1.82) is 0 Å². The summed E-state index contributed by atoms with van der Waals surface area (Å²) in [7, 11) is 2.01. The molecular formula is C11H10ClN. The van der Waals surface area contributed by atoms with Crippen LogP contribution in [-0.2, 0) is 0 Å². The van der Waals surface area contributed by atoms with Gasteiger partial charge in [-0.3, -0.25) is 0 Å². The third kappa shape index (κ3) is 1.61. The number of hydrogen-bond acceptors (Lipinski definition) is 1. The van der Waals surface area contributed by atoms with Crippen LogP contribution < -0.4 is 4.90 Å². The predicted molar refractivity (Wildman–Crippen MR) is 58.0 cm³/mol. The fourth-order valence-electron chi connectivity index (χ4n) is 1.38. The first-order valence-electron chi connectivity index (χ1n) is 4.14. The van der Waals surface area contributed by atoms with E-state index in [1.165, 1.54) is 5.56 Å². The minimum absolute atomic E-state index is 0.773. The summed E-state index contributed by atoms with van der Waals surface area (Å²) < 4.78 is 0. The fourth-order valence-corrected chi connectivity index (χ4v) is 1.55. The van der Waals surface area contributed by atoms with Gasteiger partial charge in [-0.2, -0.15) is 0 Å². The van der Waals surface area contributed by atoms with E-state index in [0.29, 0.717) is 0 Å². The smallest absolute Gasteiger partial charge is 0.0492 e. The first-order valence-corrected chi connectivity index (χ1v) is 4.52. The Balaban J connectivity index is 2.58. The Hall–Kier alpha value is -1.21. The van der Waals surface area contributed by atoms with Crippen LogP contribution in [0.1, 0.15) is 5.56 Å². The third-order valence-corrected chi connectivity index (χ3v) is 2.30. The molecule has 2 rings (SSSR count). The SMILES string of the molecule is CN1C=CC=Cc2ccc(Cl)cc21. The van der Waals surface area contributed by atoms with Gasteiger partial charge in [0.2, 0.25) is 0 Å². The van der Waals surface area contributed by atoms with Crippen molar-refractivity contribution in [2.24, 2.45) is 0 Å². The highest BCUT2D eigenvalue weighted by Gasteiger charge is 2.05. The molecule has 1 nitrogen and oxygen atoms in total. The van der Waals surface area contributed by atoms with E-state index in [9.17, 15) is 0 Å². The van der Waals surface area contributed by atoms with E-state index in [2.05, 4.69) is 11.0 Å². The maximum absolute atomic E-state index is 5.92. The van der Waals surface area contributed by atoms with E-state index in [1.54, 1.807) is 0 Å². The van der Waals surface area contributed by atoms with Gasteiger partial charge < -0.3 is 4.90 Å². The highest BCUT2D eigenvalue weighted by Crippen LogP contribution is 2.26. The van der Waals surface area contributed by atoms with Gasteiger partial charge in [-0.05, 0) is 23.8 Å². The molecule has 66 valence electrons. The molecule has 0 aromatic heterocycles. The molecule has 1 heterocycles. The molecule has 0 saturated heterocycles. The molecule has 1 aliphatic rings. The number of allylic oxidation sites excluding steroid dienone is 2. The Kier molecular flexibility index (Phi) is 2.11. The van der Waals surface area contributed by atoms with Gasteiger partial charge in [0, 0.05) is 24.0 Å². The van der Waals surface area contributed by atoms with Gasteiger partial charge in [0.25, 0.3) is 0 Å². The van der Waals surface area contributed by atoms with E-state index in [4.69, 9.17) is 11.6 Å². The van der Waals surface area contributed by atoms with E-state index < -0.39 is 0 Å². The van der Waals surface area contributed by atoms with E-state index in [1.807, 2.05) is 43.6 Å². The Morgan fingerprint density at radius 3 is 2.92 bits per heavy atom. The van der Waals surface area contributed by atoms with Crippen molar-refractivity contribution in [3.63, 3.8) is 0 Å². The lowest BCUT2D eigenvalue weighted by molar-refractivity contribution is 1.20. The summed E-state index contributed by atoms with van der Waals surface area (Å²) in [5, 5.41) is 0.773. The molecule has 0 atom stereocenters. The van der Waals surface area contributed by atoms with Crippen LogP contribution in [0.25, 0.3) is 6.08 Å². The van der Waals surface area contributed by atoms with Crippen molar-refractivity contribution in [2.75, 3.05) is 11.9 Å². The summed E-state index contributed by atoms with van der Waals surface area (Å²) >= 11 is 5.92. The molecule has 0 saturated carbocycles. The Labute approximate surface area is 82.9 Å². The molecular weight excluding hydrogens is 182 g/mol. The second kappa shape index (κ2) is 3.27. The van der Waals surface area contributed by atoms with Crippen LogP contribution in [0.15, 0.2) is 36.6 Å². The predicted octanol–water partition coefficient (Wildman–Crippen LogP) is 3.32. The van der Waals surface area contributed by atoms with Gasteiger partial charge >= 0.3 is 0 Å². The van der Waals surface area contributed by atoms with Crippen LogP contribution in [0.2, 0.25) is 5.02 Å². The number of benzene rings is 1. The highest BCUT2D eigenvalue weighted by atomic mass is 35.5. The lowest BCUT2D eigenvalue weighted by Crippen LogP contribution is -2.08. The standard InChI is InChI=1S/C11H10ClN/c1-13-7-3-2-4-9-5-6-10(12)8-11(9)13/h2-8H,1H3. The molecule has 0 bridgehead atoms. The molecule has 0 aliphatic carbocycles. The molecule has 1 aromatic rings. The Bertz CT molecular complexity index is 380. The Morgan fingerprint density at radius 2 is 2.08 bits per heavy atom. The molecule has 0 spiro atoms. The monoisotopic (exact) mass is 191 g/mol. The Morgan fingerprint density at radius 1 is 1.23 bits per heavy atom. The average Bonchev–Trinajstić information content (AvgIpc) is 2.29.